The second kappa shape index (κ2) is 8.26. The van der Waals surface area contributed by atoms with Crippen LogP contribution < -0.4 is 5.32 Å². The fourth-order valence-electron chi connectivity index (χ4n) is 3.17. The van der Waals surface area contributed by atoms with E-state index in [1.165, 1.54) is 0 Å². The molecule has 1 amide bonds. The number of pyridine rings is 1. The number of fused-ring (bicyclic) bond motifs is 2. The maximum atomic E-state index is 12.6. The Morgan fingerprint density at radius 2 is 1.80 bits per heavy atom. The maximum absolute atomic E-state index is 12.6. The fourth-order valence-corrected chi connectivity index (χ4v) is 4.72. The van der Waals surface area contributed by atoms with Gasteiger partial charge in [-0.15, -0.1) is 23.1 Å². The Morgan fingerprint density at radius 3 is 2.70 bits per heavy atom. The Labute approximate surface area is 182 Å². The number of amides is 1. The Bertz CT molecular complexity index is 1350. The SMILES string of the molecule is O=C(Nc1ccc2ncsc2c1)c1ccc(CSc2ccc3ccccc3n2)cc1. The lowest BCUT2D eigenvalue weighted by Gasteiger charge is -2.07. The maximum Gasteiger partial charge on any atom is 0.255 e. The van der Waals surface area contributed by atoms with E-state index in [0.717, 1.165) is 43.1 Å². The average Bonchev–Trinajstić information content (AvgIpc) is 3.26. The number of thiazole rings is 1. The van der Waals surface area contributed by atoms with Crippen molar-refractivity contribution < 1.29 is 4.79 Å². The van der Waals surface area contributed by atoms with Crippen molar-refractivity contribution >= 4 is 55.8 Å². The Kier molecular flexibility index (Phi) is 5.17. The van der Waals surface area contributed by atoms with E-state index in [4.69, 9.17) is 4.98 Å². The van der Waals surface area contributed by atoms with E-state index in [0.29, 0.717) is 5.56 Å². The van der Waals surface area contributed by atoms with Crippen molar-refractivity contribution in [2.45, 2.75) is 10.8 Å². The van der Waals surface area contributed by atoms with Crippen LogP contribution in [0.15, 0.2) is 89.4 Å². The van der Waals surface area contributed by atoms with E-state index in [1.54, 1.807) is 28.6 Å². The van der Waals surface area contributed by atoms with Crippen molar-refractivity contribution in [1.82, 2.24) is 9.97 Å². The van der Waals surface area contributed by atoms with Gasteiger partial charge in [0.25, 0.3) is 5.91 Å². The minimum absolute atomic E-state index is 0.116. The predicted molar refractivity (Wildman–Crippen MR) is 125 cm³/mol. The van der Waals surface area contributed by atoms with Crippen LogP contribution in [-0.4, -0.2) is 15.9 Å². The van der Waals surface area contributed by atoms with Crippen LogP contribution >= 0.6 is 23.1 Å². The minimum atomic E-state index is -0.116. The minimum Gasteiger partial charge on any atom is -0.322 e. The molecule has 0 atom stereocenters. The molecule has 146 valence electrons. The van der Waals surface area contributed by atoms with Crippen molar-refractivity contribution in [3.63, 3.8) is 0 Å². The molecule has 0 spiro atoms. The van der Waals surface area contributed by atoms with Crippen molar-refractivity contribution in [1.29, 1.82) is 0 Å². The third-order valence-corrected chi connectivity index (χ3v) is 6.56. The molecule has 0 aliphatic heterocycles. The third kappa shape index (κ3) is 4.06. The summed E-state index contributed by atoms with van der Waals surface area (Å²) in [7, 11) is 0. The van der Waals surface area contributed by atoms with Crippen LogP contribution in [0.3, 0.4) is 0 Å². The van der Waals surface area contributed by atoms with E-state index in [-0.39, 0.29) is 5.91 Å². The molecule has 0 radical (unpaired) electrons. The van der Waals surface area contributed by atoms with Crippen LogP contribution in [0.1, 0.15) is 15.9 Å². The summed E-state index contributed by atoms with van der Waals surface area (Å²) in [4.78, 5) is 21.5. The number of carbonyl (C=O) groups is 1. The number of aromatic nitrogens is 2. The first-order chi connectivity index (χ1) is 14.7. The molecule has 2 aromatic heterocycles. The summed E-state index contributed by atoms with van der Waals surface area (Å²) in [5.41, 5.74) is 6.32. The zero-order chi connectivity index (χ0) is 20.3. The van der Waals surface area contributed by atoms with Gasteiger partial charge in [0.1, 0.15) is 0 Å². The van der Waals surface area contributed by atoms with Crippen molar-refractivity contribution in [2.24, 2.45) is 0 Å². The third-order valence-electron chi connectivity index (χ3n) is 4.76. The van der Waals surface area contributed by atoms with Crippen LogP contribution in [-0.2, 0) is 5.75 Å². The standard InChI is InChI=1S/C24H17N3OS2/c28-24(26-19-10-11-21-22(13-19)30-15-25-21)18-7-5-16(6-8-18)14-29-23-12-9-17-3-1-2-4-20(17)27-23/h1-13,15H,14H2,(H,26,28). The summed E-state index contributed by atoms with van der Waals surface area (Å²) >= 11 is 3.25. The van der Waals surface area contributed by atoms with E-state index >= 15 is 0 Å². The van der Waals surface area contributed by atoms with E-state index in [9.17, 15) is 4.79 Å². The molecule has 3 aromatic carbocycles. The zero-order valence-corrected chi connectivity index (χ0v) is 17.5. The molecule has 0 saturated carbocycles. The molecule has 0 saturated heterocycles. The molecule has 0 fully saturated rings. The van der Waals surface area contributed by atoms with Gasteiger partial charge in [-0.25, -0.2) is 9.97 Å². The molecule has 0 unspecified atom stereocenters. The molecule has 0 aliphatic rings. The summed E-state index contributed by atoms with van der Waals surface area (Å²) in [6.45, 7) is 0. The summed E-state index contributed by atoms with van der Waals surface area (Å²) in [6, 6.07) is 25.7. The number of benzene rings is 3. The first-order valence-electron chi connectivity index (χ1n) is 9.47. The lowest BCUT2D eigenvalue weighted by atomic mass is 10.1. The summed E-state index contributed by atoms with van der Waals surface area (Å²) < 4.78 is 1.06. The van der Waals surface area contributed by atoms with Crippen LogP contribution in [0.25, 0.3) is 21.1 Å². The molecular weight excluding hydrogens is 410 g/mol. The smallest absolute Gasteiger partial charge is 0.255 e. The van der Waals surface area contributed by atoms with Crippen LogP contribution in [0.2, 0.25) is 0 Å². The lowest BCUT2D eigenvalue weighted by Crippen LogP contribution is -2.11. The summed E-state index contributed by atoms with van der Waals surface area (Å²) in [5, 5.41) is 5.10. The van der Waals surface area contributed by atoms with Gasteiger partial charge in [-0.1, -0.05) is 36.4 Å². The fraction of sp³-hybridized carbons (Fsp3) is 0.0417. The first kappa shape index (κ1) is 18.8. The number of hydrogen-bond donors (Lipinski definition) is 1. The number of para-hydroxylation sites is 1. The van der Waals surface area contributed by atoms with E-state index in [2.05, 4.69) is 28.5 Å². The highest BCUT2D eigenvalue weighted by molar-refractivity contribution is 7.98. The highest BCUT2D eigenvalue weighted by Gasteiger charge is 2.08. The average molecular weight is 428 g/mol. The quantitative estimate of drug-likeness (QED) is 0.330. The molecule has 5 aromatic rings. The molecule has 2 heterocycles. The largest absolute Gasteiger partial charge is 0.322 e. The second-order valence-corrected chi connectivity index (χ2v) is 8.70. The molecule has 5 rings (SSSR count). The van der Waals surface area contributed by atoms with Gasteiger partial charge in [0.15, 0.2) is 0 Å². The molecule has 0 bridgehead atoms. The number of carbonyl (C=O) groups excluding carboxylic acids is 1. The molecular formula is C24H17N3OS2. The van der Waals surface area contributed by atoms with E-state index < -0.39 is 0 Å². The van der Waals surface area contributed by atoms with Gasteiger partial charge in [-0.2, -0.15) is 0 Å². The lowest BCUT2D eigenvalue weighted by molar-refractivity contribution is 0.102. The normalized spacial score (nSPS) is 11.1. The molecule has 1 N–H and O–H groups in total. The van der Waals surface area contributed by atoms with Gasteiger partial charge in [-0.05, 0) is 48.0 Å². The highest BCUT2D eigenvalue weighted by Crippen LogP contribution is 2.25. The summed E-state index contributed by atoms with van der Waals surface area (Å²) in [6.07, 6.45) is 0. The summed E-state index contributed by atoms with van der Waals surface area (Å²) in [5.74, 6) is 0.684. The topological polar surface area (TPSA) is 54.9 Å². The number of rotatable bonds is 5. The predicted octanol–water partition coefficient (Wildman–Crippen LogP) is 6.39. The van der Waals surface area contributed by atoms with Crippen molar-refractivity contribution in [3.8, 4) is 0 Å². The van der Waals surface area contributed by atoms with Crippen LogP contribution in [0.4, 0.5) is 5.69 Å². The second-order valence-electron chi connectivity index (χ2n) is 6.82. The van der Waals surface area contributed by atoms with Crippen molar-refractivity contribution in [2.75, 3.05) is 5.32 Å². The zero-order valence-electron chi connectivity index (χ0n) is 15.9. The van der Waals surface area contributed by atoms with Crippen LogP contribution in [0.5, 0.6) is 0 Å². The number of nitrogens with one attached hydrogen (secondary N) is 1. The van der Waals surface area contributed by atoms with Gasteiger partial charge < -0.3 is 5.32 Å². The number of hydrogen-bond acceptors (Lipinski definition) is 5. The number of thioether (sulfide) groups is 1. The molecule has 0 aliphatic carbocycles. The van der Waals surface area contributed by atoms with E-state index in [1.807, 2.05) is 60.7 Å². The molecule has 6 heteroatoms. The number of nitrogens with zero attached hydrogens (tertiary/aromatic N) is 2. The Balaban J connectivity index is 1.23. The Morgan fingerprint density at radius 1 is 0.933 bits per heavy atom. The van der Waals surface area contributed by atoms with Gasteiger partial charge in [0.05, 0.1) is 26.3 Å². The monoisotopic (exact) mass is 427 g/mol. The Hall–Kier alpha value is -3.22. The van der Waals surface area contributed by atoms with Crippen LogP contribution in [0, 0.1) is 0 Å². The number of anilines is 1. The molecule has 30 heavy (non-hydrogen) atoms. The van der Waals surface area contributed by atoms with Gasteiger partial charge >= 0.3 is 0 Å². The van der Waals surface area contributed by atoms with Gasteiger partial charge in [0.2, 0.25) is 0 Å². The highest BCUT2D eigenvalue weighted by atomic mass is 32.2. The van der Waals surface area contributed by atoms with Gasteiger partial charge in [-0.3, -0.25) is 4.79 Å². The first-order valence-corrected chi connectivity index (χ1v) is 11.3. The van der Waals surface area contributed by atoms with Gasteiger partial charge in [0, 0.05) is 22.4 Å². The van der Waals surface area contributed by atoms with Crippen molar-refractivity contribution in [3.05, 3.63) is 95.5 Å². The molecule has 4 nitrogen and oxygen atoms in total.